The molecular weight excluding hydrogens is 344 g/mol. The van der Waals surface area contributed by atoms with Crippen molar-refractivity contribution in [3.8, 4) is 0 Å². The number of alkyl halides is 1. The van der Waals surface area contributed by atoms with Crippen LogP contribution in [0.4, 0.5) is 5.69 Å². The number of aryl methyl sites for hydroxylation is 1. The van der Waals surface area contributed by atoms with Crippen LogP contribution in [0.1, 0.15) is 49.8 Å². The van der Waals surface area contributed by atoms with Crippen LogP contribution in [0.15, 0.2) is 54.6 Å². The van der Waals surface area contributed by atoms with Crippen molar-refractivity contribution in [3.63, 3.8) is 0 Å². The molecule has 140 valence electrons. The van der Waals surface area contributed by atoms with Crippen LogP contribution in [0, 0.1) is 0 Å². The first kappa shape index (κ1) is 20.3. The Bertz CT molecular complexity index is 643. The number of unbranched alkanes of at least 4 members (excludes halogenated alkanes) is 2. The molecule has 2 N–H and O–H groups in total. The Morgan fingerprint density at radius 3 is 2.42 bits per heavy atom. The second-order valence-corrected chi connectivity index (χ2v) is 6.80. The largest absolute Gasteiger partial charge is 0.378 e. The summed E-state index contributed by atoms with van der Waals surface area (Å²) in [5.41, 5.74) is 3.69. The van der Waals surface area contributed by atoms with Gasteiger partial charge in [-0.05, 0) is 42.5 Å². The molecule has 2 aromatic carbocycles. The number of carbonyl (C=O) groups is 1. The van der Waals surface area contributed by atoms with Gasteiger partial charge in [-0.3, -0.25) is 4.79 Å². The summed E-state index contributed by atoms with van der Waals surface area (Å²) in [6.07, 6.45) is 5.71. The number of benzene rings is 2. The maximum atomic E-state index is 11.4. The topological polar surface area (TPSA) is 41.1 Å². The van der Waals surface area contributed by atoms with Gasteiger partial charge in [-0.2, -0.15) is 0 Å². The standard InChI is InChI=1S/C22H29ClN2O/c1-2-3-5-8-18-11-13-20(14-12-18)25-21(15-16-24-22(26)17-23)19-9-6-4-7-10-19/h4,6-7,9-14,21,25H,2-3,5,8,15-17H2,1H3,(H,24,26). The number of halogens is 1. The van der Waals surface area contributed by atoms with Gasteiger partial charge in [0.2, 0.25) is 5.91 Å². The van der Waals surface area contributed by atoms with Crippen LogP contribution >= 0.6 is 11.6 Å². The summed E-state index contributed by atoms with van der Waals surface area (Å²) in [4.78, 5) is 11.4. The van der Waals surface area contributed by atoms with E-state index in [1.807, 2.05) is 18.2 Å². The number of amides is 1. The maximum Gasteiger partial charge on any atom is 0.234 e. The Morgan fingerprint density at radius 1 is 1.04 bits per heavy atom. The molecule has 1 atom stereocenters. The summed E-state index contributed by atoms with van der Waals surface area (Å²) in [6.45, 7) is 2.82. The third-order valence-electron chi connectivity index (χ3n) is 4.44. The van der Waals surface area contributed by atoms with Crippen molar-refractivity contribution < 1.29 is 4.79 Å². The van der Waals surface area contributed by atoms with Crippen LogP contribution in [0.2, 0.25) is 0 Å². The van der Waals surface area contributed by atoms with E-state index in [4.69, 9.17) is 11.6 Å². The third-order valence-corrected chi connectivity index (χ3v) is 4.69. The zero-order valence-corrected chi connectivity index (χ0v) is 16.3. The molecule has 0 radical (unpaired) electrons. The molecule has 26 heavy (non-hydrogen) atoms. The zero-order chi connectivity index (χ0) is 18.6. The van der Waals surface area contributed by atoms with E-state index in [9.17, 15) is 4.79 Å². The molecular formula is C22H29ClN2O. The number of hydrogen-bond donors (Lipinski definition) is 2. The molecule has 3 nitrogen and oxygen atoms in total. The molecule has 0 heterocycles. The van der Waals surface area contributed by atoms with Crippen molar-refractivity contribution in [1.29, 1.82) is 0 Å². The number of rotatable bonds is 11. The maximum absolute atomic E-state index is 11.4. The predicted octanol–water partition coefficient (Wildman–Crippen LogP) is 5.32. The van der Waals surface area contributed by atoms with E-state index in [1.165, 1.54) is 30.4 Å². The molecule has 2 aromatic rings. The summed E-state index contributed by atoms with van der Waals surface area (Å²) in [5, 5.41) is 6.44. The number of carbonyl (C=O) groups excluding carboxylic acids is 1. The van der Waals surface area contributed by atoms with Crippen LogP contribution in [0.5, 0.6) is 0 Å². The van der Waals surface area contributed by atoms with Crippen molar-refractivity contribution >= 4 is 23.2 Å². The monoisotopic (exact) mass is 372 g/mol. The normalized spacial score (nSPS) is 11.8. The van der Waals surface area contributed by atoms with Crippen LogP contribution in [0.3, 0.4) is 0 Å². The summed E-state index contributed by atoms with van der Waals surface area (Å²) in [7, 11) is 0. The lowest BCUT2D eigenvalue weighted by molar-refractivity contribution is -0.118. The molecule has 0 saturated carbocycles. The fourth-order valence-electron chi connectivity index (χ4n) is 2.96. The first-order valence-corrected chi connectivity index (χ1v) is 9.99. The Kier molecular flexibility index (Phi) is 9.05. The van der Waals surface area contributed by atoms with Crippen molar-refractivity contribution in [1.82, 2.24) is 5.32 Å². The second kappa shape index (κ2) is 11.6. The summed E-state index contributed by atoms with van der Waals surface area (Å²) in [5.74, 6) is -0.127. The average Bonchev–Trinajstić information content (AvgIpc) is 2.69. The minimum absolute atomic E-state index is 0.00290. The molecule has 1 amide bonds. The van der Waals surface area contributed by atoms with E-state index >= 15 is 0 Å². The predicted molar refractivity (Wildman–Crippen MR) is 111 cm³/mol. The van der Waals surface area contributed by atoms with Gasteiger partial charge in [0.15, 0.2) is 0 Å². The van der Waals surface area contributed by atoms with Crippen LogP contribution in [-0.2, 0) is 11.2 Å². The van der Waals surface area contributed by atoms with Gasteiger partial charge in [0.25, 0.3) is 0 Å². The summed E-state index contributed by atoms with van der Waals surface area (Å²) < 4.78 is 0. The van der Waals surface area contributed by atoms with E-state index in [0.717, 1.165) is 18.5 Å². The first-order chi connectivity index (χ1) is 12.7. The lowest BCUT2D eigenvalue weighted by atomic mass is 10.0. The highest BCUT2D eigenvalue weighted by Crippen LogP contribution is 2.23. The average molecular weight is 373 g/mol. The molecule has 0 aromatic heterocycles. The van der Waals surface area contributed by atoms with E-state index in [-0.39, 0.29) is 17.8 Å². The highest BCUT2D eigenvalue weighted by Gasteiger charge is 2.11. The number of nitrogens with one attached hydrogen (secondary N) is 2. The summed E-state index contributed by atoms with van der Waals surface area (Å²) in [6, 6.07) is 19.2. The molecule has 0 aliphatic rings. The minimum atomic E-state index is -0.130. The fraction of sp³-hybridized carbons (Fsp3) is 0.409. The molecule has 2 rings (SSSR count). The summed E-state index contributed by atoms with van der Waals surface area (Å²) >= 11 is 5.55. The van der Waals surface area contributed by atoms with Crippen molar-refractivity contribution in [2.24, 2.45) is 0 Å². The number of hydrogen-bond acceptors (Lipinski definition) is 2. The van der Waals surface area contributed by atoms with E-state index in [2.05, 4.69) is 54.0 Å². The van der Waals surface area contributed by atoms with Gasteiger partial charge in [0, 0.05) is 12.2 Å². The van der Waals surface area contributed by atoms with Crippen molar-refractivity contribution in [2.45, 2.75) is 45.1 Å². The van der Waals surface area contributed by atoms with E-state index in [0.29, 0.717) is 6.54 Å². The van der Waals surface area contributed by atoms with Gasteiger partial charge >= 0.3 is 0 Å². The van der Waals surface area contributed by atoms with Gasteiger partial charge in [-0.25, -0.2) is 0 Å². The molecule has 0 bridgehead atoms. The zero-order valence-electron chi connectivity index (χ0n) is 15.5. The fourth-order valence-corrected chi connectivity index (χ4v) is 3.05. The lowest BCUT2D eigenvalue weighted by Gasteiger charge is -2.21. The Morgan fingerprint density at radius 2 is 1.77 bits per heavy atom. The van der Waals surface area contributed by atoms with E-state index in [1.54, 1.807) is 0 Å². The van der Waals surface area contributed by atoms with Gasteiger partial charge in [0.1, 0.15) is 5.88 Å². The van der Waals surface area contributed by atoms with Crippen LogP contribution in [-0.4, -0.2) is 18.3 Å². The Balaban J connectivity index is 1.98. The van der Waals surface area contributed by atoms with Crippen molar-refractivity contribution in [2.75, 3.05) is 17.7 Å². The Hall–Kier alpha value is -2.00. The van der Waals surface area contributed by atoms with Gasteiger partial charge in [0.05, 0.1) is 6.04 Å². The van der Waals surface area contributed by atoms with E-state index < -0.39 is 0 Å². The molecule has 4 heteroatoms. The lowest BCUT2D eigenvalue weighted by Crippen LogP contribution is -2.27. The quantitative estimate of drug-likeness (QED) is 0.414. The Labute approximate surface area is 162 Å². The molecule has 0 saturated heterocycles. The highest BCUT2D eigenvalue weighted by molar-refractivity contribution is 6.27. The van der Waals surface area contributed by atoms with Crippen LogP contribution < -0.4 is 10.6 Å². The molecule has 0 fully saturated rings. The number of anilines is 1. The smallest absolute Gasteiger partial charge is 0.234 e. The molecule has 0 aliphatic carbocycles. The third kappa shape index (κ3) is 7.09. The minimum Gasteiger partial charge on any atom is -0.378 e. The highest BCUT2D eigenvalue weighted by atomic mass is 35.5. The second-order valence-electron chi connectivity index (χ2n) is 6.53. The van der Waals surface area contributed by atoms with Gasteiger partial charge in [-0.1, -0.05) is 62.2 Å². The SMILES string of the molecule is CCCCCc1ccc(NC(CCNC(=O)CCl)c2ccccc2)cc1. The van der Waals surface area contributed by atoms with Crippen LogP contribution in [0.25, 0.3) is 0 Å². The molecule has 0 aliphatic heterocycles. The van der Waals surface area contributed by atoms with Crippen molar-refractivity contribution in [3.05, 3.63) is 65.7 Å². The first-order valence-electron chi connectivity index (χ1n) is 9.46. The molecule has 0 spiro atoms. The van der Waals surface area contributed by atoms with Gasteiger partial charge in [-0.15, -0.1) is 11.6 Å². The van der Waals surface area contributed by atoms with Gasteiger partial charge < -0.3 is 10.6 Å². The molecule has 1 unspecified atom stereocenters.